The lowest BCUT2D eigenvalue weighted by Gasteiger charge is -2.14. The van der Waals surface area contributed by atoms with Crippen molar-refractivity contribution in [3.05, 3.63) is 29.8 Å². The number of hydrogen-bond acceptors (Lipinski definition) is 4. The number of carbonyl (C=O) groups excluding carboxylic acids is 1. The molecule has 0 bridgehead atoms. The number of rotatable bonds is 4. The molecule has 1 fully saturated rings. The minimum absolute atomic E-state index is 0.0268. The number of nitrogens with one attached hydrogen (secondary N) is 3. The quantitative estimate of drug-likeness (QED) is 0.781. The highest BCUT2D eigenvalue weighted by molar-refractivity contribution is 7.91. The Bertz CT molecular complexity index is 598. The van der Waals surface area contributed by atoms with Gasteiger partial charge in [-0.25, -0.2) is 13.2 Å². The van der Waals surface area contributed by atoms with Gasteiger partial charge in [-0.3, -0.25) is 0 Å². The zero-order valence-corrected chi connectivity index (χ0v) is 13.0. The van der Waals surface area contributed by atoms with Gasteiger partial charge in [0.15, 0.2) is 9.84 Å². The summed E-state index contributed by atoms with van der Waals surface area (Å²) in [5.41, 5.74) is 1.81. The highest BCUT2D eigenvalue weighted by Gasteiger charge is 2.28. The van der Waals surface area contributed by atoms with Crippen LogP contribution in [0, 0.1) is 0 Å². The minimum atomic E-state index is -2.98. The van der Waals surface area contributed by atoms with Crippen molar-refractivity contribution in [1.82, 2.24) is 10.6 Å². The second-order valence-electron chi connectivity index (χ2n) is 5.33. The second kappa shape index (κ2) is 6.44. The Kier molecular flexibility index (Phi) is 4.84. The monoisotopic (exact) mass is 311 g/mol. The lowest BCUT2D eigenvalue weighted by atomic mass is 10.1. The predicted molar refractivity (Wildman–Crippen MR) is 83.1 cm³/mol. The fraction of sp³-hybridized carbons (Fsp3) is 0.500. The van der Waals surface area contributed by atoms with Crippen molar-refractivity contribution in [2.24, 2.45) is 0 Å². The van der Waals surface area contributed by atoms with Gasteiger partial charge in [-0.15, -0.1) is 0 Å². The van der Waals surface area contributed by atoms with E-state index in [0.29, 0.717) is 12.1 Å². The van der Waals surface area contributed by atoms with E-state index in [1.165, 1.54) is 0 Å². The number of urea groups is 1. The number of amides is 2. The normalized spacial score (nSPS) is 21.7. The first-order valence-electron chi connectivity index (χ1n) is 6.95. The van der Waals surface area contributed by atoms with Crippen LogP contribution < -0.4 is 16.0 Å². The zero-order chi connectivity index (χ0) is 15.5. The van der Waals surface area contributed by atoms with Crippen LogP contribution in [-0.2, 0) is 9.84 Å². The lowest BCUT2D eigenvalue weighted by molar-refractivity contribution is 0.249. The van der Waals surface area contributed by atoms with E-state index in [9.17, 15) is 13.2 Å². The lowest BCUT2D eigenvalue weighted by Crippen LogP contribution is -2.38. The van der Waals surface area contributed by atoms with E-state index in [-0.39, 0.29) is 29.6 Å². The van der Waals surface area contributed by atoms with Crippen molar-refractivity contribution in [1.29, 1.82) is 0 Å². The van der Waals surface area contributed by atoms with E-state index in [2.05, 4.69) is 22.9 Å². The predicted octanol–water partition coefficient (Wildman–Crippen LogP) is 1.28. The van der Waals surface area contributed by atoms with Crippen LogP contribution in [0.4, 0.5) is 10.5 Å². The SMILES string of the molecule is CNC(C)c1ccc(NC(=O)NC2CCS(=O)(=O)C2)cc1. The summed E-state index contributed by atoms with van der Waals surface area (Å²) in [6, 6.07) is 7.12. The van der Waals surface area contributed by atoms with Gasteiger partial charge in [0, 0.05) is 17.8 Å². The third-order valence-corrected chi connectivity index (χ3v) is 5.44. The van der Waals surface area contributed by atoms with Crippen LogP contribution in [0.25, 0.3) is 0 Å². The molecule has 0 saturated carbocycles. The van der Waals surface area contributed by atoms with Crippen LogP contribution in [0.2, 0.25) is 0 Å². The van der Waals surface area contributed by atoms with Gasteiger partial charge in [0.2, 0.25) is 0 Å². The molecule has 21 heavy (non-hydrogen) atoms. The molecule has 0 aliphatic carbocycles. The smallest absolute Gasteiger partial charge is 0.319 e. The molecular weight excluding hydrogens is 290 g/mol. The first-order valence-corrected chi connectivity index (χ1v) is 8.77. The van der Waals surface area contributed by atoms with E-state index in [1.54, 1.807) is 0 Å². The summed E-state index contributed by atoms with van der Waals surface area (Å²) < 4.78 is 22.7. The average molecular weight is 311 g/mol. The summed E-state index contributed by atoms with van der Waals surface area (Å²) in [4.78, 5) is 11.8. The van der Waals surface area contributed by atoms with Gasteiger partial charge >= 0.3 is 6.03 Å². The topological polar surface area (TPSA) is 87.3 Å². The number of hydrogen-bond donors (Lipinski definition) is 3. The number of anilines is 1. The van der Waals surface area contributed by atoms with Gasteiger partial charge in [-0.2, -0.15) is 0 Å². The maximum absolute atomic E-state index is 11.8. The Morgan fingerprint density at radius 2 is 1.95 bits per heavy atom. The molecule has 1 saturated heterocycles. The fourth-order valence-corrected chi connectivity index (χ4v) is 3.96. The van der Waals surface area contributed by atoms with Crippen LogP contribution >= 0.6 is 0 Å². The van der Waals surface area contributed by atoms with Crippen LogP contribution in [0.5, 0.6) is 0 Å². The Labute approximate surface area is 125 Å². The third kappa shape index (κ3) is 4.44. The van der Waals surface area contributed by atoms with Crippen molar-refractivity contribution < 1.29 is 13.2 Å². The molecule has 2 rings (SSSR count). The summed E-state index contributed by atoms with van der Waals surface area (Å²) in [5.74, 6) is 0.174. The Morgan fingerprint density at radius 1 is 1.29 bits per heavy atom. The van der Waals surface area contributed by atoms with Gasteiger partial charge < -0.3 is 16.0 Å². The molecule has 3 N–H and O–H groups in total. The molecule has 0 spiro atoms. The van der Waals surface area contributed by atoms with Crippen molar-refractivity contribution in [2.75, 3.05) is 23.9 Å². The van der Waals surface area contributed by atoms with Crippen LogP contribution in [0.15, 0.2) is 24.3 Å². The summed E-state index contributed by atoms with van der Waals surface area (Å²) in [7, 11) is -1.09. The van der Waals surface area contributed by atoms with E-state index in [0.717, 1.165) is 5.56 Å². The maximum Gasteiger partial charge on any atom is 0.319 e. The molecular formula is C14H21N3O3S. The van der Waals surface area contributed by atoms with Gasteiger partial charge in [-0.1, -0.05) is 12.1 Å². The Hall–Kier alpha value is -1.60. The van der Waals surface area contributed by atoms with Crippen molar-refractivity contribution in [3.63, 3.8) is 0 Å². The third-order valence-electron chi connectivity index (χ3n) is 3.67. The molecule has 0 radical (unpaired) electrons. The standard InChI is InChI=1S/C14H21N3O3S/c1-10(15-2)11-3-5-12(6-4-11)16-14(18)17-13-7-8-21(19,20)9-13/h3-6,10,13,15H,7-9H2,1-2H3,(H2,16,17,18). The van der Waals surface area contributed by atoms with Crippen molar-refractivity contribution in [2.45, 2.75) is 25.4 Å². The molecule has 0 aromatic heterocycles. The molecule has 1 aliphatic rings. The Morgan fingerprint density at radius 3 is 2.48 bits per heavy atom. The van der Waals surface area contributed by atoms with E-state index in [4.69, 9.17) is 0 Å². The molecule has 2 unspecified atom stereocenters. The van der Waals surface area contributed by atoms with Gasteiger partial charge in [0.25, 0.3) is 0 Å². The van der Waals surface area contributed by atoms with Crippen molar-refractivity contribution >= 4 is 21.6 Å². The molecule has 1 heterocycles. The molecule has 116 valence electrons. The molecule has 2 amide bonds. The second-order valence-corrected chi connectivity index (χ2v) is 7.56. The largest absolute Gasteiger partial charge is 0.334 e. The fourth-order valence-electron chi connectivity index (χ4n) is 2.28. The number of benzene rings is 1. The van der Waals surface area contributed by atoms with E-state index in [1.807, 2.05) is 31.3 Å². The van der Waals surface area contributed by atoms with Crippen LogP contribution in [0.1, 0.15) is 24.9 Å². The van der Waals surface area contributed by atoms with Crippen LogP contribution in [-0.4, -0.2) is 39.0 Å². The van der Waals surface area contributed by atoms with E-state index >= 15 is 0 Å². The summed E-state index contributed by atoms with van der Waals surface area (Å²) in [6.45, 7) is 2.05. The van der Waals surface area contributed by atoms with Crippen LogP contribution in [0.3, 0.4) is 0 Å². The van der Waals surface area contributed by atoms with E-state index < -0.39 is 9.84 Å². The number of carbonyl (C=O) groups is 1. The van der Waals surface area contributed by atoms with Gasteiger partial charge in [0.1, 0.15) is 0 Å². The summed E-state index contributed by atoms with van der Waals surface area (Å²) in [6.07, 6.45) is 0.481. The highest BCUT2D eigenvalue weighted by atomic mass is 32.2. The molecule has 1 aromatic carbocycles. The summed E-state index contributed by atoms with van der Waals surface area (Å²) in [5, 5.41) is 8.55. The highest BCUT2D eigenvalue weighted by Crippen LogP contribution is 2.16. The molecule has 1 aromatic rings. The average Bonchev–Trinajstić information content (AvgIpc) is 2.77. The number of sulfone groups is 1. The molecule has 2 atom stereocenters. The first kappa shape index (κ1) is 15.8. The first-order chi connectivity index (χ1) is 9.89. The van der Waals surface area contributed by atoms with Gasteiger partial charge in [0.05, 0.1) is 11.5 Å². The van der Waals surface area contributed by atoms with Crippen molar-refractivity contribution in [3.8, 4) is 0 Å². The summed E-state index contributed by atoms with van der Waals surface area (Å²) >= 11 is 0. The molecule has 7 heteroatoms. The maximum atomic E-state index is 11.8. The minimum Gasteiger partial charge on any atom is -0.334 e. The molecule has 1 aliphatic heterocycles. The van der Waals surface area contributed by atoms with Gasteiger partial charge in [-0.05, 0) is 38.1 Å². The Balaban J connectivity index is 1.88. The molecule has 6 nitrogen and oxygen atoms in total. The zero-order valence-electron chi connectivity index (χ0n) is 12.2.